The van der Waals surface area contributed by atoms with Crippen molar-refractivity contribution in [3.05, 3.63) is 65.5 Å². The lowest BCUT2D eigenvalue weighted by atomic mass is 9.90. The van der Waals surface area contributed by atoms with Crippen LogP contribution in [0.4, 0.5) is 5.95 Å². The molecule has 24 heavy (non-hydrogen) atoms. The van der Waals surface area contributed by atoms with E-state index < -0.39 is 0 Å². The molecule has 2 aromatic heterocycles. The smallest absolute Gasteiger partial charge is 0.219 e. The second-order valence-electron chi connectivity index (χ2n) is 6.03. The highest BCUT2D eigenvalue weighted by Crippen LogP contribution is 2.33. The van der Waals surface area contributed by atoms with Crippen molar-refractivity contribution in [2.45, 2.75) is 19.0 Å². The third kappa shape index (κ3) is 2.81. The molecule has 0 aliphatic carbocycles. The van der Waals surface area contributed by atoms with Crippen molar-refractivity contribution in [1.29, 1.82) is 0 Å². The molecule has 7 nitrogen and oxygen atoms in total. The molecule has 1 atom stereocenters. The molecule has 4 rings (SSSR count). The van der Waals surface area contributed by atoms with Crippen LogP contribution < -0.4 is 5.73 Å². The van der Waals surface area contributed by atoms with E-state index in [1.54, 1.807) is 30.9 Å². The number of nitrogen functional groups attached to an aromatic ring is 1. The number of hydrogen-bond acceptors (Lipinski definition) is 6. The Balaban J connectivity index is 1.62. The van der Waals surface area contributed by atoms with Gasteiger partial charge in [-0.2, -0.15) is 0 Å². The minimum atomic E-state index is 0.113. The zero-order valence-corrected chi connectivity index (χ0v) is 13.1. The number of aromatic amines is 1. The lowest BCUT2D eigenvalue weighted by Gasteiger charge is -2.32. The van der Waals surface area contributed by atoms with Crippen molar-refractivity contribution < 1.29 is 5.11 Å². The molecular formula is C17H18N6O. The van der Waals surface area contributed by atoms with Gasteiger partial charge in [-0.3, -0.25) is 4.90 Å². The number of benzene rings is 1. The molecule has 0 saturated carbocycles. The van der Waals surface area contributed by atoms with E-state index in [0.717, 1.165) is 42.1 Å². The molecule has 122 valence electrons. The molecule has 3 aromatic rings. The van der Waals surface area contributed by atoms with Gasteiger partial charge in [0.1, 0.15) is 5.75 Å². The number of phenols is 1. The number of anilines is 1. The molecule has 0 spiro atoms. The highest BCUT2D eigenvalue weighted by molar-refractivity contribution is 5.37. The maximum atomic E-state index is 9.80. The van der Waals surface area contributed by atoms with Gasteiger partial charge in [-0.1, -0.05) is 12.1 Å². The van der Waals surface area contributed by atoms with E-state index in [9.17, 15) is 5.11 Å². The molecule has 1 aliphatic rings. The summed E-state index contributed by atoms with van der Waals surface area (Å²) in [6.07, 6.45) is 5.25. The topological polar surface area (TPSA) is 104 Å². The van der Waals surface area contributed by atoms with Crippen LogP contribution in [-0.2, 0) is 13.1 Å². The maximum absolute atomic E-state index is 9.80. The monoisotopic (exact) mass is 322 g/mol. The van der Waals surface area contributed by atoms with Crippen LogP contribution in [0.1, 0.15) is 28.4 Å². The van der Waals surface area contributed by atoms with E-state index in [0.29, 0.717) is 0 Å². The standard InChI is InChI=1S/C17H18N6O/c18-17-19-5-11(6-20-17)7-23-8-14(12-2-1-3-13(24)4-12)16-15(9-23)21-10-22-16/h1-6,10,14,24H,7-9H2,(H,21,22)(H2,18,19,20). The van der Waals surface area contributed by atoms with E-state index in [2.05, 4.69) is 24.8 Å². The summed E-state index contributed by atoms with van der Waals surface area (Å²) < 4.78 is 0. The fraction of sp³-hybridized carbons (Fsp3) is 0.235. The third-order valence-electron chi connectivity index (χ3n) is 4.31. The van der Waals surface area contributed by atoms with Crippen LogP contribution in [0.25, 0.3) is 0 Å². The highest BCUT2D eigenvalue weighted by atomic mass is 16.3. The molecule has 1 aliphatic heterocycles. The average Bonchev–Trinajstić information content (AvgIpc) is 3.05. The summed E-state index contributed by atoms with van der Waals surface area (Å²) in [5, 5.41) is 9.80. The first-order valence-corrected chi connectivity index (χ1v) is 7.79. The molecule has 3 heterocycles. The second kappa shape index (κ2) is 5.93. The minimum Gasteiger partial charge on any atom is -0.508 e. The number of fused-ring (bicyclic) bond motifs is 1. The largest absolute Gasteiger partial charge is 0.508 e. The number of H-pyrrole nitrogens is 1. The van der Waals surface area contributed by atoms with Crippen LogP contribution in [0.3, 0.4) is 0 Å². The van der Waals surface area contributed by atoms with Crippen LogP contribution in [0.2, 0.25) is 0 Å². The quantitative estimate of drug-likeness (QED) is 0.677. The first-order valence-electron chi connectivity index (χ1n) is 7.79. The van der Waals surface area contributed by atoms with Crippen LogP contribution in [0, 0.1) is 0 Å². The van der Waals surface area contributed by atoms with E-state index >= 15 is 0 Å². The lowest BCUT2D eigenvalue weighted by Crippen LogP contribution is -2.34. The van der Waals surface area contributed by atoms with Crippen molar-refractivity contribution >= 4 is 5.95 Å². The van der Waals surface area contributed by atoms with Gasteiger partial charge in [-0.15, -0.1) is 0 Å². The summed E-state index contributed by atoms with van der Waals surface area (Å²) in [6, 6.07) is 7.38. The summed E-state index contributed by atoms with van der Waals surface area (Å²) in [6.45, 7) is 2.33. The maximum Gasteiger partial charge on any atom is 0.219 e. The van der Waals surface area contributed by atoms with Gasteiger partial charge < -0.3 is 15.8 Å². The van der Waals surface area contributed by atoms with E-state index in [4.69, 9.17) is 5.73 Å². The number of nitrogens with one attached hydrogen (secondary N) is 1. The van der Waals surface area contributed by atoms with Gasteiger partial charge in [0.25, 0.3) is 0 Å². The molecule has 0 fully saturated rings. The predicted octanol–water partition coefficient (Wildman–Crippen LogP) is 1.64. The van der Waals surface area contributed by atoms with Gasteiger partial charge in [-0.05, 0) is 17.7 Å². The minimum absolute atomic E-state index is 0.113. The van der Waals surface area contributed by atoms with Gasteiger partial charge in [-0.25, -0.2) is 15.0 Å². The average molecular weight is 322 g/mol. The number of hydrogen-bond donors (Lipinski definition) is 3. The van der Waals surface area contributed by atoms with Crippen molar-refractivity contribution in [2.75, 3.05) is 12.3 Å². The van der Waals surface area contributed by atoms with Gasteiger partial charge in [0, 0.05) is 43.5 Å². The molecule has 0 saturated heterocycles. The number of imidazole rings is 1. The second-order valence-corrected chi connectivity index (χ2v) is 6.03. The molecule has 4 N–H and O–H groups in total. The Morgan fingerprint density at radius 2 is 2.08 bits per heavy atom. The van der Waals surface area contributed by atoms with Crippen molar-refractivity contribution in [3.63, 3.8) is 0 Å². The summed E-state index contributed by atoms with van der Waals surface area (Å²) in [4.78, 5) is 18.1. The fourth-order valence-electron chi connectivity index (χ4n) is 3.22. The third-order valence-corrected chi connectivity index (χ3v) is 4.31. The highest BCUT2D eigenvalue weighted by Gasteiger charge is 2.29. The number of phenolic OH excluding ortho intramolecular Hbond substituents is 1. The molecule has 0 radical (unpaired) electrons. The molecule has 0 amide bonds. The van der Waals surface area contributed by atoms with Gasteiger partial charge in [0.05, 0.1) is 17.7 Å². The summed E-state index contributed by atoms with van der Waals surface area (Å²) in [7, 11) is 0. The van der Waals surface area contributed by atoms with E-state index in [1.165, 1.54) is 0 Å². The number of nitrogens with zero attached hydrogens (tertiary/aromatic N) is 4. The zero-order chi connectivity index (χ0) is 16.5. The predicted molar refractivity (Wildman–Crippen MR) is 89.1 cm³/mol. The number of rotatable bonds is 3. The summed E-state index contributed by atoms with van der Waals surface area (Å²) in [5.74, 6) is 0.668. The molecule has 0 bridgehead atoms. The van der Waals surface area contributed by atoms with Gasteiger partial charge in [0.2, 0.25) is 5.95 Å². The van der Waals surface area contributed by atoms with E-state index in [-0.39, 0.29) is 17.6 Å². The lowest BCUT2D eigenvalue weighted by molar-refractivity contribution is 0.227. The Morgan fingerprint density at radius 3 is 2.88 bits per heavy atom. The van der Waals surface area contributed by atoms with Gasteiger partial charge >= 0.3 is 0 Å². The fourth-order valence-corrected chi connectivity index (χ4v) is 3.22. The van der Waals surface area contributed by atoms with Crippen LogP contribution >= 0.6 is 0 Å². The number of aromatic hydroxyl groups is 1. The van der Waals surface area contributed by atoms with Crippen LogP contribution in [-0.4, -0.2) is 36.5 Å². The Kier molecular flexibility index (Phi) is 3.62. The Labute approximate surface area is 139 Å². The van der Waals surface area contributed by atoms with Crippen molar-refractivity contribution in [3.8, 4) is 5.75 Å². The SMILES string of the molecule is Nc1ncc(CN2Cc3[nH]cnc3C(c3cccc(O)c3)C2)cn1. The molecule has 1 aromatic carbocycles. The van der Waals surface area contributed by atoms with Crippen LogP contribution in [0.15, 0.2) is 43.0 Å². The zero-order valence-electron chi connectivity index (χ0n) is 13.1. The van der Waals surface area contributed by atoms with Crippen LogP contribution in [0.5, 0.6) is 5.75 Å². The van der Waals surface area contributed by atoms with Gasteiger partial charge in [0.15, 0.2) is 0 Å². The normalized spacial score (nSPS) is 17.6. The molecular weight excluding hydrogens is 304 g/mol. The molecule has 1 unspecified atom stereocenters. The summed E-state index contributed by atoms with van der Waals surface area (Å²) >= 11 is 0. The Bertz CT molecular complexity index is 844. The Hall–Kier alpha value is -2.93. The number of aromatic nitrogens is 4. The molecule has 7 heteroatoms. The summed E-state index contributed by atoms with van der Waals surface area (Å²) in [5.41, 5.74) is 9.77. The first kappa shape index (κ1) is 14.6. The van der Waals surface area contributed by atoms with Crippen molar-refractivity contribution in [2.24, 2.45) is 0 Å². The Morgan fingerprint density at radius 1 is 1.25 bits per heavy atom. The number of nitrogens with two attached hydrogens (primary N) is 1. The van der Waals surface area contributed by atoms with Crippen molar-refractivity contribution in [1.82, 2.24) is 24.8 Å². The first-order chi connectivity index (χ1) is 11.7. The van der Waals surface area contributed by atoms with E-state index in [1.807, 2.05) is 12.1 Å².